The van der Waals surface area contributed by atoms with Gasteiger partial charge in [0.2, 0.25) is 0 Å². The van der Waals surface area contributed by atoms with Crippen molar-refractivity contribution >= 4 is 39.0 Å². The number of thiocarbonyl (C=S) groups is 1. The molecule has 0 aromatic heterocycles. The van der Waals surface area contributed by atoms with Crippen LogP contribution in [-0.4, -0.2) is 28.4 Å². The van der Waals surface area contributed by atoms with E-state index in [1.54, 1.807) is 17.0 Å². The molecule has 0 aliphatic carbocycles. The molecule has 2 rings (SSSR count). The number of hydrogen-bond donors (Lipinski definition) is 1. The molecule has 1 saturated heterocycles. The van der Waals surface area contributed by atoms with Gasteiger partial charge in [0.1, 0.15) is 0 Å². The molecule has 1 aromatic rings. The monoisotopic (exact) mass is 312 g/mol. The van der Waals surface area contributed by atoms with Crippen LogP contribution in [0.1, 0.15) is 23.2 Å². The largest absolute Gasteiger partial charge is 0.392 e. The summed E-state index contributed by atoms with van der Waals surface area (Å²) in [6, 6.07) is 7.25. The number of carbonyl (C=O) groups excluding carboxylic acids is 1. The van der Waals surface area contributed by atoms with Gasteiger partial charge >= 0.3 is 0 Å². The topological polar surface area (TPSA) is 46.3 Å². The van der Waals surface area contributed by atoms with E-state index in [9.17, 15) is 4.79 Å². The van der Waals surface area contributed by atoms with E-state index in [-0.39, 0.29) is 11.9 Å². The van der Waals surface area contributed by atoms with Crippen molar-refractivity contribution in [3.63, 3.8) is 0 Å². The summed E-state index contributed by atoms with van der Waals surface area (Å²) >= 11 is 8.35. The quantitative estimate of drug-likeness (QED) is 0.853. The van der Waals surface area contributed by atoms with Crippen LogP contribution in [0.25, 0.3) is 0 Å². The van der Waals surface area contributed by atoms with E-state index in [2.05, 4.69) is 15.9 Å². The van der Waals surface area contributed by atoms with E-state index in [0.29, 0.717) is 10.6 Å². The maximum absolute atomic E-state index is 12.3. The molecule has 2 N–H and O–H groups in total. The van der Waals surface area contributed by atoms with Gasteiger partial charge in [0, 0.05) is 16.6 Å². The van der Waals surface area contributed by atoms with E-state index in [4.69, 9.17) is 18.0 Å². The lowest BCUT2D eigenvalue weighted by atomic mass is 10.1. The number of hydrogen-bond acceptors (Lipinski definition) is 2. The van der Waals surface area contributed by atoms with Crippen molar-refractivity contribution in [3.05, 3.63) is 34.3 Å². The van der Waals surface area contributed by atoms with E-state index in [0.717, 1.165) is 23.9 Å². The molecular formula is C12H13BrN2OS. The van der Waals surface area contributed by atoms with E-state index in [1.165, 1.54) is 0 Å². The van der Waals surface area contributed by atoms with Crippen LogP contribution in [0.2, 0.25) is 0 Å². The first-order valence-electron chi connectivity index (χ1n) is 5.45. The zero-order valence-corrected chi connectivity index (χ0v) is 11.6. The summed E-state index contributed by atoms with van der Waals surface area (Å²) < 4.78 is 0.960. The molecule has 1 heterocycles. The van der Waals surface area contributed by atoms with Crippen LogP contribution in [0.15, 0.2) is 28.7 Å². The molecule has 0 spiro atoms. The average Bonchev–Trinajstić information content (AvgIpc) is 2.78. The van der Waals surface area contributed by atoms with Gasteiger partial charge in [-0.15, -0.1) is 0 Å². The van der Waals surface area contributed by atoms with Crippen LogP contribution in [0, 0.1) is 0 Å². The number of carbonyl (C=O) groups is 1. The highest BCUT2D eigenvalue weighted by atomic mass is 79.9. The van der Waals surface area contributed by atoms with Gasteiger partial charge in [-0.1, -0.05) is 28.1 Å². The van der Waals surface area contributed by atoms with Crippen LogP contribution in [-0.2, 0) is 0 Å². The van der Waals surface area contributed by atoms with Crippen molar-refractivity contribution in [3.8, 4) is 0 Å². The first-order chi connectivity index (χ1) is 8.09. The normalized spacial score (nSPS) is 19.4. The molecule has 1 fully saturated rings. The van der Waals surface area contributed by atoms with E-state index >= 15 is 0 Å². The fraction of sp³-hybridized carbons (Fsp3) is 0.333. The average molecular weight is 313 g/mol. The Morgan fingerprint density at radius 1 is 1.41 bits per heavy atom. The number of halogens is 1. The summed E-state index contributed by atoms with van der Waals surface area (Å²) in [7, 11) is 0. The molecule has 1 aliphatic rings. The summed E-state index contributed by atoms with van der Waals surface area (Å²) in [6.07, 6.45) is 1.84. The predicted octanol–water partition coefficient (Wildman–Crippen LogP) is 2.34. The molecule has 0 saturated carbocycles. The minimum absolute atomic E-state index is 0.00722. The van der Waals surface area contributed by atoms with Gasteiger partial charge in [-0.25, -0.2) is 0 Å². The Hall–Kier alpha value is -0.940. The zero-order valence-electron chi connectivity index (χ0n) is 9.23. The Kier molecular flexibility index (Phi) is 3.79. The molecule has 1 amide bonds. The van der Waals surface area contributed by atoms with Crippen molar-refractivity contribution in [2.75, 3.05) is 6.54 Å². The summed E-state index contributed by atoms with van der Waals surface area (Å²) in [5, 5.41) is 0. The van der Waals surface area contributed by atoms with Gasteiger partial charge in [-0.2, -0.15) is 0 Å². The third-order valence-electron chi connectivity index (χ3n) is 2.93. The van der Waals surface area contributed by atoms with Crippen molar-refractivity contribution in [2.24, 2.45) is 5.73 Å². The summed E-state index contributed by atoms with van der Waals surface area (Å²) in [5.74, 6) is 0.00722. The smallest absolute Gasteiger partial charge is 0.254 e. The number of amides is 1. The Labute approximate surface area is 114 Å². The van der Waals surface area contributed by atoms with Crippen LogP contribution in [0.3, 0.4) is 0 Å². The molecular weight excluding hydrogens is 300 g/mol. The number of rotatable bonds is 2. The molecule has 1 unspecified atom stereocenters. The van der Waals surface area contributed by atoms with Crippen LogP contribution in [0.5, 0.6) is 0 Å². The molecule has 3 nitrogen and oxygen atoms in total. The van der Waals surface area contributed by atoms with Crippen LogP contribution >= 0.6 is 28.1 Å². The summed E-state index contributed by atoms with van der Waals surface area (Å²) in [4.78, 5) is 14.4. The number of benzene rings is 1. The molecule has 17 heavy (non-hydrogen) atoms. The van der Waals surface area contributed by atoms with Gasteiger partial charge in [-0.3, -0.25) is 4.79 Å². The fourth-order valence-electron chi connectivity index (χ4n) is 2.06. The maximum Gasteiger partial charge on any atom is 0.254 e. The number of nitrogens with zero attached hydrogens (tertiary/aromatic N) is 1. The molecule has 1 aromatic carbocycles. The van der Waals surface area contributed by atoms with E-state index < -0.39 is 0 Å². The van der Waals surface area contributed by atoms with Crippen molar-refractivity contribution in [1.82, 2.24) is 4.90 Å². The third-order valence-corrected chi connectivity index (χ3v) is 3.73. The van der Waals surface area contributed by atoms with Gasteiger partial charge in [0.25, 0.3) is 5.91 Å². The predicted molar refractivity (Wildman–Crippen MR) is 75.0 cm³/mol. The fourth-order valence-corrected chi connectivity index (χ4v) is 2.57. The lowest BCUT2D eigenvalue weighted by molar-refractivity contribution is 0.0770. The zero-order chi connectivity index (χ0) is 12.4. The van der Waals surface area contributed by atoms with Gasteiger partial charge in [0.05, 0.1) is 11.0 Å². The minimum Gasteiger partial charge on any atom is -0.392 e. The molecule has 0 radical (unpaired) electrons. The van der Waals surface area contributed by atoms with Crippen LogP contribution in [0.4, 0.5) is 0 Å². The molecule has 90 valence electrons. The highest BCUT2D eigenvalue weighted by Gasteiger charge is 2.30. The highest BCUT2D eigenvalue weighted by molar-refractivity contribution is 9.10. The first kappa shape index (κ1) is 12.5. The highest BCUT2D eigenvalue weighted by Crippen LogP contribution is 2.21. The van der Waals surface area contributed by atoms with E-state index in [1.807, 2.05) is 12.1 Å². The second-order valence-electron chi connectivity index (χ2n) is 4.07. The molecule has 0 bridgehead atoms. The van der Waals surface area contributed by atoms with Crippen molar-refractivity contribution in [2.45, 2.75) is 18.9 Å². The SMILES string of the molecule is NC(=S)C1CCCN1C(=O)c1ccc(Br)cc1. The summed E-state index contributed by atoms with van der Waals surface area (Å²) in [6.45, 7) is 0.733. The number of likely N-dealkylation sites (tertiary alicyclic amines) is 1. The van der Waals surface area contributed by atoms with Crippen molar-refractivity contribution < 1.29 is 4.79 Å². The van der Waals surface area contributed by atoms with Crippen molar-refractivity contribution in [1.29, 1.82) is 0 Å². The van der Waals surface area contributed by atoms with Gasteiger partial charge in [0.15, 0.2) is 0 Å². The molecule has 1 atom stereocenters. The second kappa shape index (κ2) is 5.14. The lowest BCUT2D eigenvalue weighted by Gasteiger charge is -2.23. The lowest BCUT2D eigenvalue weighted by Crippen LogP contribution is -2.42. The second-order valence-corrected chi connectivity index (χ2v) is 5.45. The van der Waals surface area contributed by atoms with Gasteiger partial charge in [-0.05, 0) is 37.1 Å². The molecule has 5 heteroatoms. The Morgan fingerprint density at radius 2 is 2.06 bits per heavy atom. The summed E-state index contributed by atoms with van der Waals surface area (Å²) in [5.41, 5.74) is 6.34. The van der Waals surface area contributed by atoms with Gasteiger partial charge < -0.3 is 10.6 Å². The third kappa shape index (κ3) is 2.66. The molecule has 1 aliphatic heterocycles. The maximum atomic E-state index is 12.3. The first-order valence-corrected chi connectivity index (χ1v) is 6.65. The number of nitrogens with two attached hydrogens (primary N) is 1. The minimum atomic E-state index is -0.0823. The van der Waals surface area contributed by atoms with Crippen LogP contribution < -0.4 is 5.73 Å². The Bertz CT molecular complexity index is 446. The standard InChI is InChI=1S/C12H13BrN2OS/c13-9-5-3-8(4-6-9)12(16)15-7-1-2-10(15)11(14)17/h3-6,10H,1-2,7H2,(H2,14,17). The Morgan fingerprint density at radius 3 is 2.65 bits per heavy atom. The Balaban J connectivity index is 2.19.